The molecule has 1 heterocycles. The molecule has 0 unspecified atom stereocenters. The molecular formula is C14H20N2O3. The summed E-state index contributed by atoms with van der Waals surface area (Å²) in [6.45, 7) is 3.69. The first kappa shape index (κ1) is 13.6. The van der Waals surface area contributed by atoms with Gasteiger partial charge in [-0.15, -0.1) is 0 Å². The van der Waals surface area contributed by atoms with Crippen molar-refractivity contribution in [1.82, 2.24) is 9.88 Å². The van der Waals surface area contributed by atoms with Crippen molar-refractivity contribution in [2.45, 2.75) is 51.1 Å². The Hall–Kier alpha value is -1.78. The van der Waals surface area contributed by atoms with E-state index in [2.05, 4.69) is 5.32 Å². The number of carbonyl (C=O) groups is 2. The summed E-state index contributed by atoms with van der Waals surface area (Å²) in [4.78, 5) is 22.8. The summed E-state index contributed by atoms with van der Waals surface area (Å²) in [7, 11) is 0. The minimum atomic E-state index is -0.844. The molecule has 2 N–H and O–H groups in total. The van der Waals surface area contributed by atoms with Gasteiger partial charge < -0.3 is 15.0 Å². The number of carbonyl (C=O) groups excluding carboxylic acids is 1. The van der Waals surface area contributed by atoms with E-state index in [1.165, 1.54) is 0 Å². The summed E-state index contributed by atoms with van der Waals surface area (Å²) in [6.07, 6.45) is 4.64. The number of amides is 1. The van der Waals surface area contributed by atoms with Gasteiger partial charge in [0, 0.05) is 24.2 Å². The monoisotopic (exact) mass is 264 g/mol. The van der Waals surface area contributed by atoms with Crippen LogP contribution in [0.15, 0.2) is 18.3 Å². The Morgan fingerprint density at radius 1 is 1.47 bits per heavy atom. The number of aliphatic carboxylic acids is 1. The molecule has 2 rings (SSSR count). The molecule has 1 aromatic rings. The van der Waals surface area contributed by atoms with Crippen LogP contribution in [0.5, 0.6) is 0 Å². The molecule has 0 aromatic carbocycles. The molecule has 1 aromatic heterocycles. The van der Waals surface area contributed by atoms with Gasteiger partial charge in [-0.05, 0) is 45.2 Å². The van der Waals surface area contributed by atoms with Crippen LogP contribution in [0.1, 0.15) is 56.1 Å². The molecule has 1 saturated carbocycles. The van der Waals surface area contributed by atoms with Crippen molar-refractivity contribution in [3.05, 3.63) is 24.0 Å². The standard InChI is InChI=1S/C14H20N2O3/c1-14(2,8-7-12(17)18)15-13(19)11-4-3-9-16(11)10-5-6-10/h3-4,9-10H,5-8H2,1-2H3,(H,15,19)(H,17,18). The van der Waals surface area contributed by atoms with Gasteiger partial charge in [-0.2, -0.15) is 0 Å². The Morgan fingerprint density at radius 3 is 2.74 bits per heavy atom. The van der Waals surface area contributed by atoms with E-state index in [0.29, 0.717) is 18.2 Å². The SMILES string of the molecule is CC(C)(CCC(=O)O)NC(=O)c1cccn1C1CC1. The largest absolute Gasteiger partial charge is 0.481 e. The smallest absolute Gasteiger partial charge is 0.303 e. The number of aromatic nitrogens is 1. The molecular weight excluding hydrogens is 244 g/mol. The van der Waals surface area contributed by atoms with E-state index in [1.807, 2.05) is 30.7 Å². The Kier molecular flexibility index (Phi) is 3.64. The summed E-state index contributed by atoms with van der Waals surface area (Å²) in [6, 6.07) is 4.14. The lowest BCUT2D eigenvalue weighted by molar-refractivity contribution is -0.137. The summed E-state index contributed by atoms with van der Waals surface area (Å²) >= 11 is 0. The van der Waals surface area contributed by atoms with Crippen LogP contribution >= 0.6 is 0 Å². The molecule has 0 spiro atoms. The molecule has 19 heavy (non-hydrogen) atoms. The van der Waals surface area contributed by atoms with Crippen LogP contribution in [-0.2, 0) is 4.79 Å². The molecule has 0 radical (unpaired) electrons. The van der Waals surface area contributed by atoms with Gasteiger partial charge in [0.25, 0.3) is 5.91 Å². The second-order valence-electron chi connectivity index (χ2n) is 5.76. The van der Waals surface area contributed by atoms with E-state index in [1.54, 1.807) is 6.07 Å². The molecule has 0 aliphatic heterocycles. The first-order valence-electron chi connectivity index (χ1n) is 6.60. The van der Waals surface area contributed by atoms with Gasteiger partial charge in [0.05, 0.1) is 0 Å². The third kappa shape index (κ3) is 3.59. The highest BCUT2D eigenvalue weighted by Crippen LogP contribution is 2.36. The van der Waals surface area contributed by atoms with Crippen LogP contribution in [0.3, 0.4) is 0 Å². The fraction of sp³-hybridized carbons (Fsp3) is 0.571. The Labute approximate surface area is 112 Å². The van der Waals surface area contributed by atoms with E-state index >= 15 is 0 Å². The normalized spacial score (nSPS) is 15.3. The fourth-order valence-electron chi connectivity index (χ4n) is 2.11. The van der Waals surface area contributed by atoms with Crippen LogP contribution < -0.4 is 5.32 Å². The fourth-order valence-corrected chi connectivity index (χ4v) is 2.11. The zero-order chi connectivity index (χ0) is 14.0. The van der Waals surface area contributed by atoms with Gasteiger partial charge in [-0.1, -0.05) is 0 Å². The maximum Gasteiger partial charge on any atom is 0.303 e. The highest BCUT2D eigenvalue weighted by atomic mass is 16.4. The number of nitrogens with one attached hydrogen (secondary N) is 1. The summed E-state index contributed by atoms with van der Waals surface area (Å²) in [5.41, 5.74) is 0.139. The van der Waals surface area contributed by atoms with Crippen LogP contribution in [0.4, 0.5) is 0 Å². The predicted molar refractivity (Wildman–Crippen MR) is 71.1 cm³/mol. The van der Waals surface area contributed by atoms with Gasteiger partial charge in [-0.25, -0.2) is 0 Å². The van der Waals surface area contributed by atoms with E-state index in [-0.39, 0.29) is 12.3 Å². The molecule has 0 bridgehead atoms. The second kappa shape index (κ2) is 5.07. The maximum absolute atomic E-state index is 12.2. The van der Waals surface area contributed by atoms with Crippen molar-refractivity contribution >= 4 is 11.9 Å². The Bertz CT molecular complexity index is 487. The van der Waals surface area contributed by atoms with E-state index in [0.717, 1.165) is 12.8 Å². The van der Waals surface area contributed by atoms with Gasteiger partial charge in [0.15, 0.2) is 0 Å². The summed E-state index contributed by atoms with van der Waals surface area (Å²) in [5, 5.41) is 11.6. The lowest BCUT2D eigenvalue weighted by atomic mass is 9.98. The predicted octanol–water partition coefficient (Wildman–Crippen LogP) is 2.20. The minimum Gasteiger partial charge on any atom is -0.481 e. The van der Waals surface area contributed by atoms with Gasteiger partial charge in [0.2, 0.25) is 0 Å². The van der Waals surface area contributed by atoms with Crippen molar-refractivity contribution < 1.29 is 14.7 Å². The maximum atomic E-state index is 12.2. The second-order valence-corrected chi connectivity index (χ2v) is 5.76. The number of hydrogen-bond acceptors (Lipinski definition) is 2. The van der Waals surface area contributed by atoms with Crippen LogP contribution in [0, 0.1) is 0 Å². The average Bonchev–Trinajstić information content (AvgIpc) is 3.03. The third-order valence-electron chi connectivity index (χ3n) is 3.37. The highest BCUT2D eigenvalue weighted by Gasteiger charge is 2.28. The lowest BCUT2D eigenvalue weighted by Gasteiger charge is -2.26. The van der Waals surface area contributed by atoms with Crippen molar-refractivity contribution in [2.75, 3.05) is 0 Å². The minimum absolute atomic E-state index is 0.0525. The molecule has 5 heteroatoms. The zero-order valence-electron chi connectivity index (χ0n) is 11.3. The number of carboxylic acid groups (broad SMARTS) is 1. The topological polar surface area (TPSA) is 71.3 Å². The first-order valence-corrected chi connectivity index (χ1v) is 6.60. The molecule has 1 amide bonds. The van der Waals surface area contributed by atoms with Gasteiger partial charge in [-0.3, -0.25) is 9.59 Å². The number of nitrogens with zero attached hydrogens (tertiary/aromatic N) is 1. The van der Waals surface area contributed by atoms with E-state index in [4.69, 9.17) is 5.11 Å². The van der Waals surface area contributed by atoms with Crippen LogP contribution in [-0.4, -0.2) is 27.1 Å². The first-order chi connectivity index (χ1) is 8.89. The molecule has 5 nitrogen and oxygen atoms in total. The molecule has 0 saturated heterocycles. The number of carboxylic acids is 1. The van der Waals surface area contributed by atoms with Crippen molar-refractivity contribution in [3.8, 4) is 0 Å². The molecule has 0 atom stereocenters. The molecule has 1 fully saturated rings. The average molecular weight is 264 g/mol. The van der Waals surface area contributed by atoms with Gasteiger partial charge >= 0.3 is 5.97 Å². The van der Waals surface area contributed by atoms with Crippen LogP contribution in [0.2, 0.25) is 0 Å². The lowest BCUT2D eigenvalue weighted by Crippen LogP contribution is -2.44. The van der Waals surface area contributed by atoms with E-state index in [9.17, 15) is 9.59 Å². The number of hydrogen-bond donors (Lipinski definition) is 2. The zero-order valence-corrected chi connectivity index (χ0v) is 11.3. The van der Waals surface area contributed by atoms with Crippen molar-refractivity contribution in [3.63, 3.8) is 0 Å². The molecule has 1 aliphatic carbocycles. The van der Waals surface area contributed by atoms with Gasteiger partial charge in [0.1, 0.15) is 5.69 Å². The molecule has 104 valence electrons. The Morgan fingerprint density at radius 2 is 2.16 bits per heavy atom. The summed E-state index contributed by atoms with van der Waals surface area (Å²) in [5.74, 6) is -0.976. The van der Waals surface area contributed by atoms with E-state index < -0.39 is 11.5 Å². The van der Waals surface area contributed by atoms with Crippen LogP contribution in [0.25, 0.3) is 0 Å². The molecule has 1 aliphatic rings. The van der Waals surface area contributed by atoms with Crippen molar-refractivity contribution in [2.24, 2.45) is 0 Å². The Balaban J connectivity index is 1.99. The summed E-state index contributed by atoms with van der Waals surface area (Å²) < 4.78 is 2.00. The number of rotatable bonds is 6. The van der Waals surface area contributed by atoms with Crippen molar-refractivity contribution in [1.29, 1.82) is 0 Å². The third-order valence-corrected chi connectivity index (χ3v) is 3.37. The highest BCUT2D eigenvalue weighted by molar-refractivity contribution is 5.93. The quantitative estimate of drug-likeness (QED) is 0.827.